The maximum atomic E-state index is 4.03. The molecule has 5 aliphatic rings. The molecule has 2 nitrogen and oxygen atoms in total. The molecule has 0 amide bonds. The van der Waals surface area contributed by atoms with Gasteiger partial charge in [-0.1, -0.05) is 6.42 Å². The Kier molecular flexibility index (Phi) is 3.15. The molecule has 1 saturated heterocycles. The van der Waals surface area contributed by atoms with Crippen LogP contribution in [0, 0.1) is 23.7 Å². The molecule has 4 saturated carbocycles. The molecule has 4 bridgehead atoms. The second kappa shape index (κ2) is 4.73. The van der Waals surface area contributed by atoms with Gasteiger partial charge in [-0.05, 0) is 82.5 Å². The molecule has 0 aromatic carbocycles. The zero-order valence-corrected chi connectivity index (χ0v) is 12.6. The molecule has 2 unspecified atom stereocenters. The van der Waals surface area contributed by atoms with Crippen molar-refractivity contribution in [3.8, 4) is 0 Å². The van der Waals surface area contributed by atoms with Crippen molar-refractivity contribution in [2.45, 2.75) is 83.3 Å². The fourth-order valence-corrected chi connectivity index (χ4v) is 5.98. The largest absolute Gasteiger partial charge is 0.251 e. The van der Waals surface area contributed by atoms with Gasteiger partial charge in [-0.15, -0.1) is 0 Å². The standard InChI is InChI=1S/C17H30N2/c1-11-4-3-5-12(2)19(11)18-17-15-7-13-6-14(9-15)10-16(17)8-13/h11-18H,3-10H2,1-2H3. The van der Waals surface area contributed by atoms with Gasteiger partial charge < -0.3 is 0 Å². The number of nitrogens with one attached hydrogen (secondary N) is 1. The fourth-order valence-electron chi connectivity index (χ4n) is 5.98. The highest BCUT2D eigenvalue weighted by molar-refractivity contribution is 5.01. The summed E-state index contributed by atoms with van der Waals surface area (Å²) in [6, 6.07) is 2.29. The van der Waals surface area contributed by atoms with Gasteiger partial charge in [-0.3, -0.25) is 5.43 Å². The summed E-state index contributed by atoms with van der Waals surface area (Å²) in [5.41, 5.74) is 4.03. The van der Waals surface area contributed by atoms with E-state index in [9.17, 15) is 0 Å². The highest BCUT2D eigenvalue weighted by Crippen LogP contribution is 2.53. The molecule has 0 aromatic rings. The van der Waals surface area contributed by atoms with Crippen LogP contribution in [-0.2, 0) is 0 Å². The van der Waals surface area contributed by atoms with Gasteiger partial charge in [0.05, 0.1) is 0 Å². The Morgan fingerprint density at radius 1 is 0.789 bits per heavy atom. The van der Waals surface area contributed by atoms with Crippen molar-refractivity contribution < 1.29 is 0 Å². The first-order chi connectivity index (χ1) is 9.20. The first kappa shape index (κ1) is 12.6. The lowest BCUT2D eigenvalue weighted by molar-refractivity contribution is -0.0683. The molecule has 0 aromatic heterocycles. The minimum absolute atomic E-state index is 0.737. The predicted molar refractivity (Wildman–Crippen MR) is 78.6 cm³/mol. The first-order valence-electron chi connectivity index (χ1n) is 8.75. The number of hydrogen-bond donors (Lipinski definition) is 1. The van der Waals surface area contributed by atoms with Crippen molar-refractivity contribution in [3.63, 3.8) is 0 Å². The first-order valence-corrected chi connectivity index (χ1v) is 8.75. The van der Waals surface area contributed by atoms with Gasteiger partial charge >= 0.3 is 0 Å². The Hall–Kier alpha value is -0.0800. The molecule has 4 aliphatic carbocycles. The van der Waals surface area contributed by atoms with Crippen LogP contribution in [-0.4, -0.2) is 23.1 Å². The lowest BCUT2D eigenvalue weighted by Crippen LogP contribution is -2.62. The molecule has 0 radical (unpaired) electrons. The van der Waals surface area contributed by atoms with Crippen molar-refractivity contribution >= 4 is 0 Å². The average Bonchev–Trinajstić information content (AvgIpc) is 2.36. The molecule has 1 heterocycles. The Bertz CT molecular complexity index is 302. The van der Waals surface area contributed by atoms with E-state index in [0.717, 1.165) is 41.8 Å². The van der Waals surface area contributed by atoms with Gasteiger partial charge in [0.15, 0.2) is 0 Å². The number of nitrogens with zero attached hydrogens (tertiary/aromatic N) is 1. The van der Waals surface area contributed by atoms with Crippen LogP contribution in [0.5, 0.6) is 0 Å². The van der Waals surface area contributed by atoms with Gasteiger partial charge in [0.2, 0.25) is 0 Å². The van der Waals surface area contributed by atoms with E-state index >= 15 is 0 Å². The summed E-state index contributed by atoms with van der Waals surface area (Å²) in [5.74, 6) is 4.18. The normalized spacial score (nSPS) is 53.7. The maximum Gasteiger partial charge on any atom is 0.0272 e. The SMILES string of the molecule is CC1CCCC(C)N1NC1C2CC3CC(C2)CC1C3. The van der Waals surface area contributed by atoms with Crippen molar-refractivity contribution in [2.24, 2.45) is 23.7 Å². The van der Waals surface area contributed by atoms with Crippen LogP contribution in [0.1, 0.15) is 65.2 Å². The zero-order valence-electron chi connectivity index (χ0n) is 12.6. The number of piperidine rings is 1. The molecular formula is C17H30N2. The quantitative estimate of drug-likeness (QED) is 0.818. The topological polar surface area (TPSA) is 15.3 Å². The molecule has 1 aliphatic heterocycles. The van der Waals surface area contributed by atoms with E-state index < -0.39 is 0 Å². The Morgan fingerprint density at radius 3 is 1.84 bits per heavy atom. The van der Waals surface area contributed by atoms with Crippen LogP contribution in [0.3, 0.4) is 0 Å². The summed E-state index contributed by atoms with van der Waals surface area (Å²) in [6.45, 7) is 4.83. The van der Waals surface area contributed by atoms with Crippen LogP contribution in [0.25, 0.3) is 0 Å². The van der Waals surface area contributed by atoms with Crippen LogP contribution < -0.4 is 5.43 Å². The van der Waals surface area contributed by atoms with E-state index in [1.807, 2.05) is 0 Å². The Balaban J connectivity index is 1.47. The summed E-state index contributed by atoms with van der Waals surface area (Å²) in [4.78, 5) is 0. The number of hydrazine groups is 1. The van der Waals surface area contributed by atoms with Crippen LogP contribution in [0.2, 0.25) is 0 Å². The van der Waals surface area contributed by atoms with Gasteiger partial charge in [0.1, 0.15) is 0 Å². The minimum atomic E-state index is 0.737. The molecule has 0 spiro atoms. The fraction of sp³-hybridized carbons (Fsp3) is 1.00. The highest BCUT2D eigenvalue weighted by Gasteiger charge is 2.49. The minimum Gasteiger partial charge on any atom is -0.251 e. The lowest BCUT2D eigenvalue weighted by Gasteiger charge is -2.56. The van der Waals surface area contributed by atoms with Crippen LogP contribution >= 0.6 is 0 Å². The van der Waals surface area contributed by atoms with E-state index in [4.69, 9.17) is 0 Å². The van der Waals surface area contributed by atoms with E-state index in [0.29, 0.717) is 0 Å². The molecule has 2 heteroatoms. The van der Waals surface area contributed by atoms with Crippen molar-refractivity contribution in [2.75, 3.05) is 0 Å². The van der Waals surface area contributed by atoms with Gasteiger partial charge in [-0.25, -0.2) is 5.01 Å². The zero-order chi connectivity index (χ0) is 13.0. The molecule has 2 atom stereocenters. The van der Waals surface area contributed by atoms with Gasteiger partial charge in [0, 0.05) is 18.1 Å². The summed E-state index contributed by atoms with van der Waals surface area (Å²) >= 11 is 0. The molecule has 1 N–H and O–H groups in total. The van der Waals surface area contributed by atoms with E-state index in [-0.39, 0.29) is 0 Å². The third kappa shape index (κ3) is 2.15. The highest BCUT2D eigenvalue weighted by atomic mass is 15.5. The summed E-state index contributed by atoms with van der Waals surface area (Å²) < 4.78 is 0. The van der Waals surface area contributed by atoms with Crippen LogP contribution in [0.15, 0.2) is 0 Å². The van der Waals surface area contributed by atoms with E-state index in [1.165, 1.54) is 44.9 Å². The van der Waals surface area contributed by atoms with Gasteiger partial charge in [0.25, 0.3) is 0 Å². The molecule has 108 valence electrons. The summed E-state index contributed by atoms with van der Waals surface area (Å²) in [5, 5.41) is 2.64. The Morgan fingerprint density at radius 2 is 1.32 bits per heavy atom. The predicted octanol–water partition coefficient (Wildman–Crippen LogP) is 3.58. The van der Waals surface area contributed by atoms with Crippen molar-refractivity contribution in [1.29, 1.82) is 0 Å². The van der Waals surface area contributed by atoms with E-state index in [1.54, 1.807) is 6.42 Å². The second-order valence-electron chi connectivity index (χ2n) is 8.12. The third-order valence-electron chi connectivity index (χ3n) is 6.72. The van der Waals surface area contributed by atoms with Crippen molar-refractivity contribution in [1.82, 2.24) is 10.4 Å². The smallest absolute Gasteiger partial charge is 0.0272 e. The third-order valence-corrected chi connectivity index (χ3v) is 6.72. The van der Waals surface area contributed by atoms with Crippen LogP contribution in [0.4, 0.5) is 0 Å². The summed E-state index contributed by atoms with van der Waals surface area (Å²) in [7, 11) is 0. The number of rotatable bonds is 2. The molecule has 19 heavy (non-hydrogen) atoms. The van der Waals surface area contributed by atoms with Crippen molar-refractivity contribution in [3.05, 3.63) is 0 Å². The monoisotopic (exact) mass is 262 g/mol. The Labute approximate surface area is 118 Å². The lowest BCUT2D eigenvalue weighted by atomic mass is 9.54. The second-order valence-corrected chi connectivity index (χ2v) is 8.12. The maximum absolute atomic E-state index is 4.03. The summed E-state index contributed by atoms with van der Waals surface area (Å²) in [6.07, 6.45) is 11.9. The molecule has 5 rings (SSSR count). The molecule has 5 fully saturated rings. The van der Waals surface area contributed by atoms with Gasteiger partial charge in [-0.2, -0.15) is 0 Å². The molecular weight excluding hydrogens is 232 g/mol. The van der Waals surface area contributed by atoms with E-state index in [2.05, 4.69) is 24.3 Å². The average molecular weight is 262 g/mol. The number of hydrogen-bond acceptors (Lipinski definition) is 2.